The maximum Gasteiger partial charge on any atom is 0.573 e. The zero-order chi connectivity index (χ0) is 15.7. The molecule has 1 fully saturated rings. The number of rotatable bonds is 4. The molecule has 1 aromatic rings. The van der Waals surface area contributed by atoms with Gasteiger partial charge in [-0.3, -0.25) is 0 Å². The third kappa shape index (κ3) is 3.66. The van der Waals surface area contributed by atoms with Crippen molar-refractivity contribution in [1.29, 1.82) is 0 Å². The lowest BCUT2D eigenvalue weighted by molar-refractivity contribution is -0.274. The summed E-state index contributed by atoms with van der Waals surface area (Å²) in [6, 6.07) is 4.06. The molecule has 9 heteroatoms. The summed E-state index contributed by atoms with van der Waals surface area (Å²) in [5, 5.41) is 0. The molecule has 1 atom stereocenters. The highest BCUT2D eigenvalue weighted by Crippen LogP contribution is 2.29. The highest BCUT2D eigenvalue weighted by atomic mass is 32.2. The summed E-state index contributed by atoms with van der Waals surface area (Å²) in [5.74, 6) is -0.563. The van der Waals surface area contributed by atoms with Gasteiger partial charge in [0.1, 0.15) is 5.75 Å². The van der Waals surface area contributed by atoms with Crippen molar-refractivity contribution in [3.63, 3.8) is 0 Å². The number of alkyl halides is 3. The van der Waals surface area contributed by atoms with Crippen molar-refractivity contribution in [1.82, 2.24) is 4.31 Å². The van der Waals surface area contributed by atoms with Crippen LogP contribution in [0, 0.1) is 0 Å². The van der Waals surface area contributed by atoms with Gasteiger partial charge in [-0.15, -0.1) is 13.2 Å². The third-order valence-corrected chi connectivity index (χ3v) is 5.19. The van der Waals surface area contributed by atoms with E-state index < -0.39 is 22.1 Å². The first-order chi connectivity index (χ1) is 9.74. The molecule has 1 heterocycles. The molecule has 1 aromatic carbocycles. The molecule has 0 spiro atoms. The number of benzene rings is 1. The number of nitrogens with zero attached hydrogens (tertiary/aromatic N) is 1. The molecule has 2 N–H and O–H groups in total. The first kappa shape index (κ1) is 16.1. The Kier molecular flexibility index (Phi) is 4.45. The summed E-state index contributed by atoms with van der Waals surface area (Å²) in [4.78, 5) is -0.232. The quantitative estimate of drug-likeness (QED) is 0.915. The molecule has 0 aromatic heterocycles. The van der Waals surface area contributed by atoms with Gasteiger partial charge in [0, 0.05) is 25.2 Å². The van der Waals surface area contributed by atoms with E-state index in [1.54, 1.807) is 0 Å². The van der Waals surface area contributed by atoms with E-state index in [-0.39, 0.29) is 17.5 Å². The van der Waals surface area contributed by atoms with Crippen LogP contribution in [0.25, 0.3) is 0 Å². The third-order valence-electron chi connectivity index (χ3n) is 3.24. The summed E-state index contributed by atoms with van der Waals surface area (Å²) < 4.78 is 66.5. The van der Waals surface area contributed by atoms with E-state index in [9.17, 15) is 21.6 Å². The van der Waals surface area contributed by atoms with Crippen LogP contribution < -0.4 is 10.5 Å². The van der Waals surface area contributed by atoms with Gasteiger partial charge in [0.15, 0.2) is 0 Å². The molecule has 2 rings (SSSR count). The molecule has 1 unspecified atom stereocenters. The Labute approximate surface area is 120 Å². The number of ether oxygens (including phenoxy) is 1. The number of hydrogen-bond donors (Lipinski definition) is 1. The van der Waals surface area contributed by atoms with E-state index in [1.165, 1.54) is 16.4 Å². The molecule has 1 saturated heterocycles. The fourth-order valence-corrected chi connectivity index (χ4v) is 4.07. The SMILES string of the molecule is NCC1CCCN1S(=O)(=O)c1cccc(OC(F)(F)F)c1. The van der Waals surface area contributed by atoms with Crippen LogP contribution in [-0.2, 0) is 10.0 Å². The summed E-state index contributed by atoms with van der Waals surface area (Å²) in [5.41, 5.74) is 5.53. The molecule has 0 aliphatic carbocycles. The standard InChI is InChI=1S/C12H15F3N2O3S/c13-12(14,15)20-10-4-1-5-11(7-10)21(18,19)17-6-2-3-9(17)8-16/h1,4-5,7,9H,2-3,6,8,16H2. The Morgan fingerprint density at radius 3 is 2.71 bits per heavy atom. The molecular formula is C12H15F3N2O3S. The van der Waals surface area contributed by atoms with Crippen molar-refractivity contribution >= 4 is 10.0 Å². The van der Waals surface area contributed by atoms with Crippen LogP contribution in [0.1, 0.15) is 12.8 Å². The smallest absolute Gasteiger partial charge is 0.406 e. The Morgan fingerprint density at radius 2 is 2.10 bits per heavy atom. The lowest BCUT2D eigenvalue weighted by atomic mass is 10.2. The van der Waals surface area contributed by atoms with Crippen LogP contribution in [0.15, 0.2) is 29.2 Å². The first-order valence-electron chi connectivity index (χ1n) is 6.32. The molecule has 1 aliphatic rings. The van der Waals surface area contributed by atoms with Gasteiger partial charge in [0.05, 0.1) is 4.90 Å². The number of hydrogen-bond acceptors (Lipinski definition) is 4. The minimum absolute atomic E-state index is 0.179. The average Bonchev–Trinajstić information content (AvgIpc) is 2.86. The Morgan fingerprint density at radius 1 is 1.38 bits per heavy atom. The topological polar surface area (TPSA) is 72.6 Å². The van der Waals surface area contributed by atoms with Crippen LogP contribution >= 0.6 is 0 Å². The van der Waals surface area contributed by atoms with Gasteiger partial charge in [0.2, 0.25) is 10.0 Å². The Hall–Kier alpha value is -1.32. The Bertz CT molecular complexity index is 604. The lowest BCUT2D eigenvalue weighted by Crippen LogP contribution is -2.39. The lowest BCUT2D eigenvalue weighted by Gasteiger charge is -2.23. The van der Waals surface area contributed by atoms with E-state index >= 15 is 0 Å². The number of nitrogens with two attached hydrogens (primary N) is 1. The van der Waals surface area contributed by atoms with Gasteiger partial charge in [-0.1, -0.05) is 6.07 Å². The van der Waals surface area contributed by atoms with Crippen molar-refractivity contribution in [2.45, 2.75) is 30.1 Å². The van der Waals surface area contributed by atoms with Gasteiger partial charge in [-0.25, -0.2) is 8.42 Å². The largest absolute Gasteiger partial charge is 0.573 e. The predicted octanol–water partition coefficient (Wildman–Crippen LogP) is 1.70. The van der Waals surface area contributed by atoms with Gasteiger partial charge < -0.3 is 10.5 Å². The first-order valence-corrected chi connectivity index (χ1v) is 7.76. The highest BCUT2D eigenvalue weighted by molar-refractivity contribution is 7.89. The van der Waals surface area contributed by atoms with E-state index in [0.29, 0.717) is 19.4 Å². The second-order valence-corrected chi connectivity index (χ2v) is 6.56. The van der Waals surface area contributed by atoms with Crippen LogP contribution in [0.5, 0.6) is 5.75 Å². The van der Waals surface area contributed by atoms with Crippen molar-refractivity contribution in [3.05, 3.63) is 24.3 Å². The molecule has 118 valence electrons. The average molecular weight is 324 g/mol. The molecule has 0 saturated carbocycles. The number of sulfonamides is 1. The van der Waals surface area contributed by atoms with Crippen LogP contribution in [0.2, 0.25) is 0 Å². The molecule has 5 nitrogen and oxygen atoms in total. The van der Waals surface area contributed by atoms with Crippen LogP contribution in [0.4, 0.5) is 13.2 Å². The zero-order valence-corrected chi connectivity index (χ0v) is 11.8. The minimum atomic E-state index is -4.87. The predicted molar refractivity (Wildman–Crippen MR) is 69.1 cm³/mol. The minimum Gasteiger partial charge on any atom is -0.406 e. The summed E-state index contributed by atoms with van der Waals surface area (Å²) in [7, 11) is -3.87. The molecule has 0 radical (unpaired) electrons. The fourth-order valence-electron chi connectivity index (χ4n) is 2.33. The summed E-state index contributed by atoms with van der Waals surface area (Å²) in [6.07, 6.45) is -3.54. The highest BCUT2D eigenvalue weighted by Gasteiger charge is 2.35. The van der Waals surface area contributed by atoms with Crippen LogP contribution in [0.3, 0.4) is 0 Å². The monoisotopic (exact) mass is 324 g/mol. The van der Waals surface area contributed by atoms with Gasteiger partial charge in [0.25, 0.3) is 0 Å². The molecule has 0 amide bonds. The van der Waals surface area contributed by atoms with E-state index in [1.807, 2.05) is 0 Å². The maximum absolute atomic E-state index is 12.5. The van der Waals surface area contributed by atoms with Crippen molar-refractivity contribution in [2.24, 2.45) is 5.73 Å². The molecule has 21 heavy (non-hydrogen) atoms. The van der Waals surface area contributed by atoms with Gasteiger partial charge in [-0.05, 0) is 25.0 Å². The van der Waals surface area contributed by atoms with Gasteiger partial charge >= 0.3 is 6.36 Å². The van der Waals surface area contributed by atoms with Crippen LogP contribution in [-0.4, -0.2) is 38.2 Å². The molecular weight excluding hydrogens is 309 g/mol. The van der Waals surface area contributed by atoms with Gasteiger partial charge in [-0.2, -0.15) is 4.31 Å². The fraction of sp³-hybridized carbons (Fsp3) is 0.500. The second kappa shape index (κ2) is 5.82. The summed E-state index contributed by atoms with van der Waals surface area (Å²) in [6.45, 7) is 0.493. The molecule has 1 aliphatic heterocycles. The maximum atomic E-state index is 12.5. The van der Waals surface area contributed by atoms with Crippen molar-refractivity contribution < 1.29 is 26.3 Å². The van der Waals surface area contributed by atoms with E-state index in [2.05, 4.69) is 4.74 Å². The summed E-state index contributed by atoms with van der Waals surface area (Å²) >= 11 is 0. The molecule has 0 bridgehead atoms. The zero-order valence-electron chi connectivity index (χ0n) is 11.0. The van der Waals surface area contributed by atoms with E-state index in [0.717, 1.165) is 12.1 Å². The van der Waals surface area contributed by atoms with Crippen molar-refractivity contribution in [2.75, 3.05) is 13.1 Å². The number of halogens is 3. The Balaban J connectivity index is 2.30. The van der Waals surface area contributed by atoms with Crippen molar-refractivity contribution in [3.8, 4) is 5.75 Å². The normalized spacial score (nSPS) is 20.7. The van der Waals surface area contributed by atoms with E-state index in [4.69, 9.17) is 5.73 Å². The second-order valence-electron chi connectivity index (χ2n) is 4.67.